The van der Waals surface area contributed by atoms with E-state index in [2.05, 4.69) is 15.3 Å². The number of anilines is 1. The average Bonchev–Trinajstić information content (AvgIpc) is 2.60. The number of carbonyl (C=O) groups excluding carboxylic acids is 1. The molecule has 0 aliphatic rings. The number of nitrogens with zero attached hydrogens (tertiary/aromatic N) is 2. The highest BCUT2D eigenvalue weighted by molar-refractivity contribution is 6.12. The Morgan fingerprint density at radius 3 is 2.13 bits per heavy atom. The van der Waals surface area contributed by atoms with Crippen molar-refractivity contribution in [3.63, 3.8) is 0 Å². The van der Waals surface area contributed by atoms with Gasteiger partial charge in [-0.3, -0.25) is 4.79 Å². The van der Waals surface area contributed by atoms with E-state index in [0.717, 1.165) is 16.7 Å². The Labute approximate surface area is 132 Å². The van der Waals surface area contributed by atoms with Crippen molar-refractivity contribution in [1.82, 2.24) is 9.97 Å². The van der Waals surface area contributed by atoms with Gasteiger partial charge in [0.15, 0.2) is 0 Å². The van der Waals surface area contributed by atoms with E-state index in [1.165, 1.54) is 0 Å². The van der Waals surface area contributed by atoms with Crippen LogP contribution in [0.25, 0.3) is 22.1 Å². The summed E-state index contributed by atoms with van der Waals surface area (Å²) in [5.74, 6) is -0.189. The number of hydrogen-bond donors (Lipinski definition) is 1. The minimum atomic E-state index is -0.189. The maximum atomic E-state index is 12.6. The van der Waals surface area contributed by atoms with Gasteiger partial charge in [0.05, 0.1) is 22.1 Å². The zero-order valence-electron chi connectivity index (χ0n) is 12.2. The molecule has 23 heavy (non-hydrogen) atoms. The third kappa shape index (κ3) is 2.51. The molecule has 1 heterocycles. The lowest BCUT2D eigenvalue weighted by molar-refractivity contribution is 0.102. The molecule has 0 spiro atoms. The summed E-state index contributed by atoms with van der Waals surface area (Å²) in [6.45, 7) is 0. The number of hydrogen-bond acceptors (Lipinski definition) is 3. The first-order valence-corrected chi connectivity index (χ1v) is 7.33. The fourth-order valence-electron chi connectivity index (χ4n) is 2.55. The molecule has 0 saturated heterocycles. The first kappa shape index (κ1) is 13.4. The van der Waals surface area contributed by atoms with Gasteiger partial charge in [-0.05, 0) is 36.4 Å². The highest BCUT2D eigenvalue weighted by Crippen LogP contribution is 2.20. The molecule has 0 bridgehead atoms. The van der Waals surface area contributed by atoms with Crippen LogP contribution in [0.5, 0.6) is 0 Å². The normalized spacial score (nSPS) is 10.8. The Morgan fingerprint density at radius 1 is 0.696 bits per heavy atom. The van der Waals surface area contributed by atoms with Crippen molar-refractivity contribution in [2.24, 2.45) is 0 Å². The smallest absolute Gasteiger partial charge is 0.257 e. The molecule has 1 N–H and O–H groups in total. The molecular weight excluding hydrogens is 286 g/mol. The number of para-hydroxylation sites is 4. The summed E-state index contributed by atoms with van der Waals surface area (Å²) in [6.07, 6.45) is 0. The number of nitrogens with one attached hydrogen (secondary N) is 1. The molecule has 0 unspecified atom stereocenters. The van der Waals surface area contributed by atoms with E-state index in [9.17, 15) is 4.79 Å². The Balaban J connectivity index is 1.83. The van der Waals surface area contributed by atoms with Crippen LogP contribution in [0.1, 0.15) is 10.4 Å². The van der Waals surface area contributed by atoms with E-state index in [1.807, 2.05) is 66.7 Å². The van der Waals surface area contributed by atoms with Crippen molar-refractivity contribution in [2.45, 2.75) is 0 Å². The maximum absolute atomic E-state index is 12.6. The Kier molecular flexibility index (Phi) is 3.20. The molecule has 4 rings (SSSR count). The minimum Gasteiger partial charge on any atom is -0.322 e. The zero-order chi connectivity index (χ0) is 15.6. The molecule has 110 valence electrons. The number of amides is 1. The van der Waals surface area contributed by atoms with E-state index in [-0.39, 0.29) is 5.91 Å². The van der Waals surface area contributed by atoms with Gasteiger partial charge in [-0.25, -0.2) is 9.97 Å². The second kappa shape index (κ2) is 5.50. The highest BCUT2D eigenvalue weighted by atomic mass is 16.1. The second-order valence-corrected chi connectivity index (χ2v) is 5.21. The molecular formula is C19H13N3O. The number of aromatic nitrogens is 2. The van der Waals surface area contributed by atoms with Gasteiger partial charge in [0.25, 0.3) is 5.91 Å². The zero-order valence-corrected chi connectivity index (χ0v) is 12.2. The Bertz CT molecular complexity index is 1010. The van der Waals surface area contributed by atoms with Gasteiger partial charge in [-0.1, -0.05) is 36.4 Å². The van der Waals surface area contributed by atoms with Gasteiger partial charge >= 0.3 is 0 Å². The summed E-state index contributed by atoms with van der Waals surface area (Å²) in [7, 11) is 0. The van der Waals surface area contributed by atoms with Crippen molar-refractivity contribution >= 4 is 33.7 Å². The first-order chi connectivity index (χ1) is 11.3. The van der Waals surface area contributed by atoms with E-state index < -0.39 is 0 Å². The molecule has 4 nitrogen and oxygen atoms in total. The summed E-state index contributed by atoms with van der Waals surface area (Å²) in [4.78, 5) is 21.8. The molecule has 3 aromatic carbocycles. The average molecular weight is 299 g/mol. The molecule has 0 aliphatic heterocycles. The molecule has 0 aliphatic carbocycles. The third-order valence-corrected chi connectivity index (χ3v) is 3.65. The maximum Gasteiger partial charge on any atom is 0.257 e. The van der Waals surface area contributed by atoms with Crippen molar-refractivity contribution in [3.8, 4) is 0 Å². The molecule has 0 fully saturated rings. The van der Waals surface area contributed by atoms with Crippen molar-refractivity contribution < 1.29 is 4.79 Å². The fourth-order valence-corrected chi connectivity index (χ4v) is 2.55. The molecule has 0 radical (unpaired) electrons. The van der Waals surface area contributed by atoms with Crippen LogP contribution < -0.4 is 5.32 Å². The van der Waals surface area contributed by atoms with E-state index in [1.54, 1.807) is 6.07 Å². The Morgan fingerprint density at radius 2 is 1.35 bits per heavy atom. The van der Waals surface area contributed by atoms with Crippen molar-refractivity contribution in [3.05, 3.63) is 78.4 Å². The third-order valence-electron chi connectivity index (χ3n) is 3.65. The lowest BCUT2D eigenvalue weighted by Crippen LogP contribution is -2.13. The van der Waals surface area contributed by atoms with Gasteiger partial charge in [0, 0.05) is 5.69 Å². The van der Waals surface area contributed by atoms with Crippen LogP contribution in [0, 0.1) is 0 Å². The minimum absolute atomic E-state index is 0.189. The van der Waals surface area contributed by atoms with Crippen LogP contribution in [0.4, 0.5) is 5.69 Å². The number of fused-ring (bicyclic) bond motifs is 2. The molecule has 4 aromatic rings. The highest BCUT2D eigenvalue weighted by Gasteiger charge is 2.13. The van der Waals surface area contributed by atoms with Crippen LogP contribution in [0.3, 0.4) is 0 Å². The summed E-state index contributed by atoms with van der Waals surface area (Å²) >= 11 is 0. The lowest BCUT2D eigenvalue weighted by Gasteiger charge is -2.08. The van der Waals surface area contributed by atoms with Crippen LogP contribution in [0.2, 0.25) is 0 Å². The van der Waals surface area contributed by atoms with Crippen LogP contribution in [0.15, 0.2) is 72.8 Å². The summed E-state index contributed by atoms with van der Waals surface area (Å²) in [6, 6.07) is 22.5. The standard InChI is InChI=1S/C19H13N3O/c23-19(20-13-7-2-1-3-8-13)14-9-6-12-17-18(14)22-16-11-5-4-10-15(16)21-17/h1-12H,(H,20,23). The van der Waals surface area contributed by atoms with Gasteiger partial charge < -0.3 is 5.32 Å². The van der Waals surface area contributed by atoms with Crippen LogP contribution >= 0.6 is 0 Å². The summed E-state index contributed by atoms with van der Waals surface area (Å²) in [5, 5.41) is 2.89. The number of carbonyl (C=O) groups is 1. The predicted molar refractivity (Wildman–Crippen MR) is 91.4 cm³/mol. The predicted octanol–water partition coefficient (Wildman–Crippen LogP) is 4.04. The van der Waals surface area contributed by atoms with Crippen LogP contribution in [-0.2, 0) is 0 Å². The summed E-state index contributed by atoms with van der Waals surface area (Å²) in [5.41, 5.74) is 4.19. The molecule has 4 heteroatoms. The quantitative estimate of drug-likeness (QED) is 0.568. The van der Waals surface area contributed by atoms with Crippen LogP contribution in [-0.4, -0.2) is 15.9 Å². The molecule has 1 amide bonds. The Hall–Kier alpha value is -3.27. The van der Waals surface area contributed by atoms with Crippen molar-refractivity contribution in [2.75, 3.05) is 5.32 Å². The number of rotatable bonds is 2. The van der Waals surface area contributed by atoms with E-state index >= 15 is 0 Å². The van der Waals surface area contributed by atoms with E-state index in [0.29, 0.717) is 16.6 Å². The summed E-state index contributed by atoms with van der Waals surface area (Å²) < 4.78 is 0. The molecule has 0 saturated carbocycles. The fraction of sp³-hybridized carbons (Fsp3) is 0. The van der Waals surface area contributed by atoms with Crippen molar-refractivity contribution in [1.29, 1.82) is 0 Å². The van der Waals surface area contributed by atoms with Gasteiger partial charge in [0.1, 0.15) is 5.52 Å². The lowest BCUT2D eigenvalue weighted by atomic mass is 10.1. The van der Waals surface area contributed by atoms with Gasteiger partial charge in [0.2, 0.25) is 0 Å². The topological polar surface area (TPSA) is 54.9 Å². The monoisotopic (exact) mass is 299 g/mol. The van der Waals surface area contributed by atoms with E-state index in [4.69, 9.17) is 0 Å². The second-order valence-electron chi connectivity index (χ2n) is 5.21. The molecule has 0 atom stereocenters. The van der Waals surface area contributed by atoms with Gasteiger partial charge in [-0.15, -0.1) is 0 Å². The largest absolute Gasteiger partial charge is 0.322 e. The number of benzene rings is 3. The molecule has 1 aromatic heterocycles. The first-order valence-electron chi connectivity index (χ1n) is 7.33. The SMILES string of the molecule is O=C(Nc1ccccc1)c1cccc2nc3ccccc3nc12. The van der Waals surface area contributed by atoms with Gasteiger partial charge in [-0.2, -0.15) is 0 Å².